The number of nitrogens with zero attached hydrogens (tertiary/aromatic N) is 1. The summed E-state index contributed by atoms with van der Waals surface area (Å²) >= 11 is 2.00. The second-order valence-electron chi connectivity index (χ2n) is 4.77. The molecule has 1 saturated carbocycles. The van der Waals surface area contributed by atoms with Crippen molar-refractivity contribution in [2.24, 2.45) is 5.73 Å². The van der Waals surface area contributed by atoms with Gasteiger partial charge < -0.3 is 11.5 Å². The first-order valence-corrected chi connectivity index (χ1v) is 7.31. The molecule has 4 N–H and O–H groups in total. The highest BCUT2D eigenvalue weighted by Crippen LogP contribution is 2.32. The maximum atomic E-state index is 6.23. The molecule has 0 saturated heterocycles. The second kappa shape index (κ2) is 5.74. The fraction of sp³-hybridized carbons (Fsp3) is 0.615. The van der Waals surface area contributed by atoms with Crippen LogP contribution in [-0.4, -0.2) is 16.0 Å². The number of hydrogen-bond donors (Lipinski definition) is 2. The molecule has 0 spiro atoms. The molecule has 94 valence electrons. The summed E-state index contributed by atoms with van der Waals surface area (Å²) in [7, 11) is 0. The molecule has 1 fully saturated rings. The molecule has 1 aliphatic carbocycles. The first-order chi connectivity index (χ1) is 8.18. The molecule has 17 heavy (non-hydrogen) atoms. The zero-order valence-corrected chi connectivity index (χ0v) is 11.2. The molecule has 0 radical (unpaired) electrons. The van der Waals surface area contributed by atoms with Crippen LogP contribution in [0.25, 0.3) is 0 Å². The van der Waals surface area contributed by atoms with E-state index in [0.29, 0.717) is 5.82 Å². The summed E-state index contributed by atoms with van der Waals surface area (Å²) < 4.78 is 0. The van der Waals surface area contributed by atoms with E-state index in [2.05, 4.69) is 4.98 Å². The molecule has 1 atom stereocenters. The van der Waals surface area contributed by atoms with Gasteiger partial charge in [0.25, 0.3) is 0 Å². The van der Waals surface area contributed by atoms with Gasteiger partial charge in [-0.2, -0.15) is 11.8 Å². The van der Waals surface area contributed by atoms with Crippen molar-refractivity contribution >= 4 is 17.6 Å². The summed E-state index contributed by atoms with van der Waals surface area (Å²) in [6.45, 7) is 2.05. The second-order valence-corrected chi connectivity index (χ2v) is 6.11. The lowest BCUT2D eigenvalue weighted by Crippen LogP contribution is -2.18. The fourth-order valence-electron chi connectivity index (χ4n) is 2.45. The van der Waals surface area contributed by atoms with Crippen LogP contribution < -0.4 is 11.5 Å². The molecule has 1 heterocycles. The number of hydrogen-bond acceptors (Lipinski definition) is 4. The van der Waals surface area contributed by atoms with Gasteiger partial charge in [0.05, 0.1) is 0 Å². The molecule has 0 aliphatic heterocycles. The average molecular weight is 251 g/mol. The van der Waals surface area contributed by atoms with Crippen molar-refractivity contribution in [1.29, 1.82) is 0 Å². The van der Waals surface area contributed by atoms with E-state index >= 15 is 0 Å². The van der Waals surface area contributed by atoms with Crippen LogP contribution in [0.15, 0.2) is 12.3 Å². The van der Waals surface area contributed by atoms with Gasteiger partial charge in [0.15, 0.2) is 0 Å². The number of rotatable bonds is 4. The molecule has 4 heteroatoms. The van der Waals surface area contributed by atoms with Crippen LogP contribution in [0.5, 0.6) is 0 Å². The zero-order valence-electron chi connectivity index (χ0n) is 10.4. The van der Waals surface area contributed by atoms with E-state index in [1.807, 2.05) is 24.8 Å². The van der Waals surface area contributed by atoms with E-state index in [4.69, 9.17) is 11.5 Å². The first kappa shape index (κ1) is 12.7. The minimum absolute atomic E-state index is 0.00861. The van der Waals surface area contributed by atoms with Crippen LogP contribution in [0, 0.1) is 6.92 Å². The SMILES string of the molecule is Cc1ccnc(N)c1C(N)CSC1CCCC1. The van der Waals surface area contributed by atoms with Crippen molar-refractivity contribution in [3.8, 4) is 0 Å². The normalized spacial score (nSPS) is 18.5. The molecule has 0 aromatic carbocycles. The summed E-state index contributed by atoms with van der Waals surface area (Å²) in [4.78, 5) is 4.13. The van der Waals surface area contributed by atoms with Crippen molar-refractivity contribution in [1.82, 2.24) is 4.98 Å². The number of thioether (sulfide) groups is 1. The quantitative estimate of drug-likeness (QED) is 0.863. The maximum Gasteiger partial charge on any atom is 0.128 e. The van der Waals surface area contributed by atoms with Crippen LogP contribution in [0.4, 0.5) is 5.82 Å². The number of aryl methyl sites for hydroxylation is 1. The van der Waals surface area contributed by atoms with Crippen molar-refractivity contribution in [2.45, 2.75) is 43.9 Å². The molecule has 2 rings (SSSR count). The van der Waals surface area contributed by atoms with E-state index in [9.17, 15) is 0 Å². The Morgan fingerprint density at radius 2 is 2.18 bits per heavy atom. The number of pyridine rings is 1. The molecular weight excluding hydrogens is 230 g/mol. The van der Waals surface area contributed by atoms with Crippen molar-refractivity contribution in [2.75, 3.05) is 11.5 Å². The molecule has 3 nitrogen and oxygen atoms in total. The van der Waals surface area contributed by atoms with Crippen LogP contribution >= 0.6 is 11.8 Å². The van der Waals surface area contributed by atoms with Gasteiger partial charge in [0, 0.05) is 28.8 Å². The number of nitrogens with two attached hydrogens (primary N) is 2. The molecule has 1 aliphatic rings. The Hall–Kier alpha value is -0.740. The molecular formula is C13H21N3S. The van der Waals surface area contributed by atoms with Gasteiger partial charge in [-0.15, -0.1) is 0 Å². The predicted octanol–water partition coefficient (Wildman–Crippen LogP) is 2.65. The average Bonchev–Trinajstić information content (AvgIpc) is 2.79. The third-order valence-corrected chi connectivity index (χ3v) is 4.92. The predicted molar refractivity (Wildman–Crippen MR) is 75.0 cm³/mol. The molecule has 1 aromatic rings. The van der Waals surface area contributed by atoms with E-state index in [0.717, 1.165) is 22.1 Å². The monoisotopic (exact) mass is 251 g/mol. The van der Waals surface area contributed by atoms with Crippen LogP contribution in [0.2, 0.25) is 0 Å². The van der Waals surface area contributed by atoms with E-state index in [1.165, 1.54) is 25.7 Å². The van der Waals surface area contributed by atoms with Gasteiger partial charge in [-0.25, -0.2) is 4.98 Å². The Morgan fingerprint density at radius 3 is 2.82 bits per heavy atom. The van der Waals surface area contributed by atoms with Crippen LogP contribution in [0.1, 0.15) is 42.9 Å². The van der Waals surface area contributed by atoms with Gasteiger partial charge in [-0.05, 0) is 31.4 Å². The highest BCUT2D eigenvalue weighted by Gasteiger charge is 2.19. The van der Waals surface area contributed by atoms with Gasteiger partial charge in [-0.1, -0.05) is 12.8 Å². The van der Waals surface area contributed by atoms with Crippen LogP contribution in [-0.2, 0) is 0 Å². The Bertz CT molecular complexity index is 355. The maximum absolute atomic E-state index is 6.23. The summed E-state index contributed by atoms with van der Waals surface area (Å²) in [6.07, 6.45) is 7.19. The third kappa shape index (κ3) is 3.13. The molecule has 1 aromatic heterocycles. The minimum atomic E-state index is 0.00861. The van der Waals surface area contributed by atoms with Crippen molar-refractivity contribution in [3.63, 3.8) is 0 Å². The third-order valence-electron chi connectivity index (χ3n) is 3.42. The van der Waals surface area contributed by atoms with E-state index in [-0.39, 0.29) is 6.04 Å². The number of aromatic nitrogens is 1. The van der Waals surface area contributed by atoms with Crippen LogP contribution in [0.3, 0.4) is 0 Å². The summed E-state index contributed by atoms with van der Waals surface area (Å²) in [5, 5.41) is 0.805. The molecule has 1 unspecified atom stereocenters. The van der Waals surface area contributed by atoms with Gasteiger partial charge in [0.2, 0.25) is 0 Å². The summed E-state index contributed by atoms with van der Waals surface area (Å²) in [5.74, 6) is 1.53. The van der Waals surface area contributed by atoms with Crippen molar-refractivity contribution < 1.29 is 0 Å². The van der Waals surface area contributed by atoms with Gasteiger partial charge in [0.1, 0.15) is 5.82 Å². The Morgan fingerprint density at radius 1 is 1.47 bits per heavy atom. The Balaban J connectivity index is 1.96. The number of nitrogen functional groups attached to an aromatic ring is 1. The lowest BCUT2D eigenvalue weighted by molar-refractivity contribution is 0.810. The highest BCUT2D eigenvalue weighted by atomic mass is 32.2. The van der Waals surface area contributed by atoms with E-state index in [1.54, 1.807) is 6.20 Å². The number of anilines is 1. The smallest absolute Gasteiger partial charge is 0.128 e. The Labute approximate surface area is 107 Å². The van der Waals surface area contributed by atoms with Gasteiger partial charge in [-0.3, -0.25) is 0 Å². The lowest BCUT2D eigenvalue weighted by atomic mass is 10.1. The fourth-order valence-corrected chi connectivity index (χ4v) is 3.76. The first-order valence-electron chi connectivity index (χ1n) is 6.26. The molecule has 0 amide bonds. The minimum Gasteiger partial charge on any atom is -0.383 e. The summed E-state index contributed by atoms with van der Waals surface area (Å²) in [6, 6.07) is 1.99. The van der Waals surface area contributed by atoms with Gasteiger partial charge >= 0.3 is 0 Å². The topological polar surface area (TPSA) is 64.9 Å². The zero-order chi connectivity index (χ0) is 12.3. The highest BCUT2D eigenvalue weighted by molar-refractivity contribution is 7.99. The lowest BCUT2D eigenvalue weighted by Gasteiger charge is -2.18. The van der Waals surface area contributed by atoms with E-state index < -0.39 is 0 Å². The summed E-state index contributed by atoms with van der Waals surface area (Å²) in [5.41, 5.74) is 14.3. The standard InChI is InChI=1S/C13H21N3S/c1-9-6-7-16-13(15)12(9)11(14)8-17-10-4-2-3-5-10/h6-7,10-11H,2-5,8,14H2,1H3,(H2,15,16). The van der Waals surface area contributed by atoms with Crippen molar-refractivity contribution in [3.05, 3.63) is 23.4 Å². The largest absolute Gasteiger partial charge is 0.383 e. The molecule has 0 bridgehead atoms. The Kier molecular flexibility index (Phi) is 4.29.